The van der Waals surface area contributed by atoms with Gasteiger partial charge in [-0.05, 0) is 24.6 Å². The molecule has 0 radical (unpaired) electrons. The van der Waals surface area contributed by atoms with E-state index in [0.717, 1.165) is 37.4 Å². The summed E-state index contributed by atoms with van der Waals surface area (Å²) < 4.78 is 75.7. The maximum atomic E-state index is 13.0. The number of sulfonamides is 1. The lowest BCUT2D eigenvalue weighted by Crippen LogP contribution is -2.48. The third-order valence-corrected chi connectivity index (χ3v) is 3.38. The molecule has 0 saturated heterocycles. The zero-order valence-corrected chi connectivity index (χ0v) is 12.4. The maximum absolute atomic E-state index is 13.0. The number of halogens is 4. The van der Waals surface area contributed by atoms with Gasteiger partial charge in [0.15, 0.2) is 6.04 Å². The molecule has 0 aliphatic carbocycles. The van der Waals surface area contributed by atoms with Crippen molar-refractivity contribution in [2.45, 2.75) is 25.2 Å². The molecule has 0 saturated carbocycles. The smallest absolute Gasteiger partial charge is 0.339 e. The normalized spacial score (nSPS) is 15.2. The molecule has 1 rings (SSSR count). The molecule has 0 fully saturated rings. The summed E-state index contributed by atoms with van der Waals surface area (Å²) in [5.41, 5.74) is -0.367. The van der Waals surface area contributed by atoms with Crippen LogP contribution >= 0.6 is 0 Å². The Morgan fingerprint density at radius 2 is 1.68 bits per heavy atom. The Morgan fingerprint density at radius 1 is 1.18 bits per heavy atom. The molecule has 1 aromatic rings. The Balaban J connectivity index is 2.96. The number of carbonyl (C=O) groups excluding carboxylic acids is 1. The molecule has 0 unspecified atom stereocenters. The van der Waals surface area contributed by atoms with Gasteiger partial charge in [-0.15, -0.1) is 0 Å². The molecular formula is C12H14F4N2O3S. The Morgan fingerprint density at radius 3 is 2.09 bits per heavy atom. The minimum Gasteiger partial charge on any atom is -0.339 e. The van der Waals surface area contributed by atoms with Gasteiger partial charge in [-0.3, -0.25) is 4.79 Å². The molecule has 0 spiro atoms. The van der Waals surface area contributed by atoms with Gasteiger partial charge in [0.05, 0.1) is 12.3 Å². The molecule has 1 aromatic carbocycles. The Bertz CT molecular complexity index is 629. The van der Waals surface area contributed by atoms with Crippen LogP contribution in [0, 0.1) is 5.82 Å². The molecular weight excluding hydrogens is 328 g/mol. The highest BCUT2D eigenvalue weighted by Gasteiger charge is 2.42. The second kappa shape index (κ2) is 6.61. The van der Waals surface area contributed by atoms with Crippen molar-refractivity contribution < 1.29 is 30.8 Å². The van der Waals surface area contributed by atoms with Crippen molar-refractivity contribution in [1.82, 2.24) is 10.0 Å². The van der Waals surface area contributed by atoms with Crippen molar-refractivity contribution in [3.05, 3.63) is 35.6 Å². The van der Waals surface area contributed by atoms with Crippen LogP contribution in [0.3, 0.4) is 0 Å². The quantitative estimate of drug-likeness (QED) is 0.796. The molecule has 22 heavy (non-hydrogen) atoms. The first-order valence-electron chi connectivity index (χ1n) is 6.00. The minimum atomic E-state index is -4.82. The number of benzene rings is 1. The van der Waals surface area contributed by atoms with Crippen LogP contribution < -0.4 is 10.0 Å². The van der Waals surface area contributed by atoms with E-state index in [1.165, 1.54) is 0 Å². The summed E-state index contributed by atoms with van der Waals surface area (Å²) in [5.74, 6) is -1.87. The number of rotatable bonds is 5. The van der Waals surface area contributed by atoms with Crippen LogP contribution in [0.1, 0.15) is 18.5 Å². The number of carbonyl (C=O) groups is 1. The monoisotopic (exact) mass is 342 g/mol. The van der Waals surface area contributed by atoms with Crippen molar-refractivity contribution in [2.24, 2.45) is 0 Å². The predicted octanol–water partition coefficient (Wildman–Crippen LogP) is 1.48. The van der Waals surface area contributed by atoms with Crippen molar-refractivity contribution >= 4 is 15.9 Å². The molecule has 2 atom stereocenters. The predicted molar refractivity (Wildman–Crippen MR) is 70.8 cm³/mol. The Labute approximate surface area is 124 Å². The highest BCUT2D eigenvalue weighted by Crippen LogP contribution is 2.32. The molecule has 0 aromatic heterocycles. The topological polar surface area (TPSA) is 75.3 Å². The van der Waals surface area contributed by atoms with E-state index < -0.39 is 40.0 Å². The van der Waals surface area contributed by atoms with Crippen LogP contribution in [0.5, 0.6) is 0 Å². The molecule has 0 aliphatic heterocycles. The average molecular weight is 342 g/mol. The van der Waals surface area contributed by atoms with Crippen molar-refractivity contribution in [3.8, 4) is 0 Å². The summed E-state index contributed by atoms with van der Waals surface area (Å²) in [5, 5.41) is 1.70. The molecule has 5 nitrogen and oxygen atoms in total. The van der Waals surface area contributed by atoms with Gasteiger partial charge in [0.2, 0.25) is 15.9 Å². The summed E-state index contributed by atoms with van der Waals surface area (Å²) in [6.45, 7) is 1.11. The third kappa shape index (κ3) is 5.60. The summed E-state index contributed by atoms with van der Waals surface area (Å²) in [4.78, 5) is 11.7. The first kappa shape index (κ1) is 18.4. The lowest BCUT2D eigenvalue weighted by atomic mass is 10.1. The fourth-order valence-corrected chi connectivity index (χ4v) is 2.40. The van der Waals surface area contributed by atoms with Crippen LogP contribution in [0.2, 0.25) is 0 Å². The van der Waals surface area contributed by atoms with Gasteiger partial charge in [-0.2, -0.15) is 13.2 Å². The molecule has 10 heteroatoms. The van der Waals surface area contributed by atoms with E-state index in [-0.39, 0.29) is 5.56 Å². The summed E-state index contributed by atoms with van der Waals surface area (Å²) in [6, 6.07) is -0.313. The third-order valence-electron chi connectivity index (χ3n) is 2.60. The number of hydrogen-bond acceptors (Lipinski definition) is 3. The van der Waals surface area contributed by atoms with Crippen molar-refractivity contribution in [1.29, 1.82) is 0 Å². The van der Waals surface area contributed by atoms with Gasteiger partial charge in [0.1, 0.15) is 5.82 Å². The van der Waals surface area contributed by atoms with E-state index in [0.29, 0.717) is 0 Å². The lowest BCUT2D eigenvalue weighted by Gasteiger charge is -2.24. The zero-order chi connectivity index (χ0) is 17.1. The fraction of sp³-hybridized carbons (Fsp3) is 0.417. The lowest BCUT2D eigenvalue weighted by molar-refractivity contribution is -0.163. The summed E-state index contributed by atoms with van der Waals surface area (Å²) in [6.07, 6.45) is -4.05. The van der Waals surface area contributed by atoms with Gasteiger partial charge in [0, 0.05) is 0 Å². The maximum Gasteiger partial charge on any atom is 0.412 e. The molecule has 2 N–H and O–H groups in total. The van der Waals surface area contributed by atoms with E-state index >= 15 is 0 Å². The highest BCUT2D eigenvalue weighted by molar-refractivity contribution is 7.88. The Hall–Kier alpha value is -1.68. The molecule has 0 aliphatic rings. The van der Waals surface area contributed by atoms with E-state index in [2.05, 4.69) is 0 Å². The highest BCUT2D eigenvalue weighted by atomic mass is 32.2. The van der Waals surface area contributed by atoms with Gasteiger partial charge >= 0.3 is 6.18 Å². The largest absolute Gasteiger partial charge is 0.412 e. The first-order valence-corrected chi connectivity index (χ1v) is 7.89. The van der Waals surface area contributed by atoms with Crippen LogP contribution in [0.15, 0.2) is 24.3 Å². The summed E-state index contributed by atoms with van der Waals surface area (Å²) >= 11 is 0. The van der Waals surface area contributed by atoms with Crippen LogP contribution in [-0.2, 0) is 14.8 Å². The minimum absolute atomic E-state index is 0.367. The average Bonchev–Trinajstić information content (AvgIpc) is 2.33. The van der Waals surface area contributed by atoms with Gasteiger partial charge in [-0.1, -0.05) is 12.1 Å². The number of hydrogen-bond donors (Lipinski definition) is 2. The van der Waals surface area contributed by atoms with E-state index in [1.807, 2.05) is 4.72 Å². The molecule has 1 amide bonds. The van der Waals surface area contributed by atoms with E-state index in [4.69, 9.17) is 0 Å². The standard InChI is InChI=1S/C12H14F4N2O3S/c1-7(18-22(2,20)21)11(19)17-10(12(14,15)16)8-3-5-9(13)6-4-8/h3-7,10,18H,1-2H3,(H,17,19)/t7-,10-/m0/s1. The molecule has 124 valence electrons. The van der Waals surface area contributed by atoms with Crippen molar-refractivity contribution in [3.63, 3.8) is 0 Å². The van der Waals surface area contributed by atoms with Gasteiger partial charge in [-0.25, -0.2) is 17.5 Å². The van der Waals surface area contributed by atoms with Gasteiger partial charge in [0.25, 0.3) is 0 Å². The van der Waals surface area contributed by atoms with E-state index in [1.54, 1.807) is 5.32 Å². The van der Waals surface area contributed by atoms with Crippen LogP contribution in [0.25, 0.3) is 0 Å². The SMILES string of the molecule is C[C@H](NS(C)(=O)=O)C(=O)N[C@@H](c1ccc(F)cc1)C(F)(F)F. The second-order valence-corrected chi connectivity index (χ2v) is 6.43. The second-order valence-electron chi connectivity index (χ2n) is 4.65. The molecule has 0 heterocycles. The Kier molecular flexibility index (Phi) is 5.52. The fourth-order valence-electron chi connectivity index (χ4n) is 1.65. The number of alkyl halides is 3. The van der Waals surface area contributed by atoms with Crippen molar-refractivity contribution in [2.75, 3.05) is 6.26 Å². The van der Waals surface area contributed by atoms with Crippen LogP contribution in [0.4, 0.5) is 17.6 Å². The zero-order valence-electron chi connectivity index (χ0n) is 11.6. The molecule has 0 bridgehead atoms. The van der Waals surface area contributed by atoms with E-state index in [9.17, 15) is 30.8 Å². The van der Waals surface area contributed by atoms with Gasteiger partial charge < -0.3 is 5.32 Å². The number of nitrogens with one attached hydrogen (secondary N) is 2. The number of amides is 1. The summed E-state index contributed by atoms with van der Waals surface area (Å²) in [7, 11) is -3.75. The first-order chi connectivity index (χ1) is 9.90. The van der Waals surface area contributed by atoms with Crippen LogP contribution in [-0.4, -0.2) is 32.8 Å².